The zero-order chi connectivity index (χ0) is 12.8. The molecule has 1 N–H and O–H groups in total. The second-order valence-corrected chi connectivity index (χ2v) is 4.01. The highest BCUT2D eigenvalue weighted by Crippen LogP contribution is 2.14. The van der Waals surface area contributed by atoms with Crippen molar-refractivity contribution in [2.45, 2.75) is 25.7 Å². The predicted octanol–water partition coefficient (Wildman–Crippen LogP) is 1.88. The first-order valence-electron chi connectivity index (χ1n) is 5.60. The molecule has 0 saturated heterocycles. The van der Waals surface area contributed by atoms with E-state index in [4.69, 9.17) is 9.47 Å². The lowest BCUT2D eigenvalue weighted by molar-refractivity contribution is -0.121. The van der Waals surface area contributed by atoms with Gasteiger partial charge < -0.3 is 14.8 Å². The quantitative estimate of drug-likeness (QED) is 0.771. The smallest absolute Gasteiger partial charge is 0.172 e. The molecule has 0 fully saturated rings. The molecule has 96 valence electrons. The lowest BCUT2D eigenvalue weighted by atomic mass is 10.0. The Morgan fingerprint density at radius 1 is 1.29 bits per heavy atom. The number of halogens is 1. The third-order valence-corrected chi connectivity index (χ3v) is 2.91. The number of aryl methyl sites for hydroxylation is 1. The first-order valence-corrected chi connectivity index (χ1v) is 5.60. The number of hydrogen-bond donors (Lipinski definition) is 1. The van der Waals surface area contributed by atoms with Crippen LogP contribution in [-0.2, 0) is 15.9 Å². The van der Waals surface area contributed by atoms with Crippen LogP contribution in [0, 0.1) is 12.7 Å². The average Bonchev–Trinajstić information content (AvgIpc) is 2.33. The summed E-state index contributed by atoms with van der Waals surface area (Å²) in [7, 11) is 5.03. The Morgan fingerprint density at radius 2 is 1.94 bits per heavy atom. The molecule has 17 heavy (non-hydrogen) atoms. The molecule has 0 aliphatic carbocycles. The summed E-state index contributed by atoms with van der Waals surface area (Å²) < 4.78 is 23.6. The van der Waals surface area contributed by atoms with Gasteiger partial charge in [-0.15, -0.1) is 0 Å². The van der Waals surface area contributed by atoms with E-state index in [0.29, 0.717) is 6.42 Å². The number of benzene rings is 1. The van der Waals surface area contributed by atoms with Gasteiger partial charge in [-0.25, -0.2) is 4.39 Å². The molecule has 0 heterocycles. The minimum Gasteiger partial charge on any atom is -0.354 e. The molecule has 0 amide bonds. The van der Waals surface area contributed by atoms with E-state index in [-0.39, 0.29) is 18.1 Å². The summed E-state index contributed by atoms with van der Waals surface area (Å²) in [5, 5.41) is 3.13. The van der Waals surface area contributed by atoms with Crippen molar-refractivity contribution in [3.63, 3.8) is 0 Å². The van der Waals surface area contributed by atoms with Crippen LogP contribution in [0.25, 0.3) is 0 Å². The predicted molar refractivity (Wildman–Crippen MR) is 65.5 cm³/mol. The Bertz CT molecular complexity index is 353. The molecule has 1 rings (SSSR count). The van der Waals surface area contributed by atoms with Gasteiger partial charge in [-0.3, -0.25) is 0 Å². The Hall–Kier alpha value is -0.970. The van der Waals surface area contributed by atoms with Gasteiger partial charge in [0.15, 0.2) is 6.29 Å². The van der Waals surface area contributed by atoms with E-state index >= 15 is 0 Å². The maximum atomic E-state index is 13.2. The third kappa shape index (κ3) is 3.77. The van der Waals surface area contributed by atoms with Crippen LogP contribution in [0.3, 0.4) is 0 Å². The molecular formula is C13H20FNO2. The van der Waals surface area contributed by atoms with Crippen LogP contribution in [-0.4, -0.2) is 33.6 Å². The molecule has 0 aromatic heterocycles. The summed E-state index contributed by atoms with van der Waals surface area (Å²) in [6.45, 7) is 1.97. The van der Waals surface area contributed by atoms with Crippen LogP contribution >= 0.6 is 0 Å². The number of hydrogen-bond acceptors (Lipinski definition) is 3. The summed E-state index contributed by atoms with van der Waals surface area (Å²) in [5.74, 6) is -0.216. The van der Waals surface area contributed by atoms with Gasteiger partial charge >= 0.3 is 0 Å². The van der Waals surface area contributed by atoms with Gasteiger partial charge in [-0.05, 0) is 43.7 Å². The fourth-order valence-corrected chi connectivity index (χ4v) is 1.86. The zero-order valence-corrected chi connectivity index (χ0v) is 10.8. The van der Waals surface area contributed by atoms with Gasteiger partial charge in [0, 0.05) is 14.2 Å². The summed E-state index contributed by atoms with van der Waals surface area (Å²) in [5.41, 5.74) is 2.03. The van der Waals surface area contributed by atoms with Gasteiger partial charge in [0.2, 0.25) is 0 Å². The van der Waals surface area contributed by atoms with Gasteiger partial charge in [0.05, 0.1) is 6.04 Å². The van der Waals surface area contributed by atoms with Crippen LogP contribution < -0.4 is 5.32 Å². The van der Waals surface area contributed by atoms with E-state index in [1.54, 1.807) is 26.4 Å². The zero-order valence-electron chi connectivity index (χ0n) is 10.8. The first-order chi connectivity index (χ1) is 8.12. The van der Waals surface area contributed by atoms with E-state index < -0.39 is 0 Å². The molecule has 3 nitrogen and oxygen atoms in total. The van der Waals surface area contributed by atoms with E-state index in [0.717, 1.165) is 11.1 Å². The van der Waals surface area contributed by atoms with Crippen molar-refractivity contribution < 1.29 is 13.9 Å². The fourth-order valence-electron chi connectivity index (χ4n) is 1.86. The van der Waals surface area contributed by atoms with Gasteiger partial charge in [-0.1, -0.05) is 6.07 Å². The SMILES string of the molecule is CNC(Cc1cc(F)ccc1C)C(OC)OC. The number of nitrogens with one attached hydrogen (secondary N) is 1. The number of likely N-dealkylation sites (N-methyl/N-ethyl adjacent to an activating group) is 1. The molecule has 1 unspecified atom stereocenters. The molecule has 0 radical (unpaired) electrons. The maximum Gasteiger partial charge on any atom is 0.172 e. The van der Waals surface area contributed by atoms with Crippen molar-refractivity contribution in [2.75, 3.05) is 21.3 Å². The number of rotatable bonds is 6. The van der Waals surface area contributed by atoms with Crippen LogP contribution in [0.15, 0.2) is 18.2 Å². The Morgan fingerprint density at radius 3 is 2.47 bits per heavy atom. The van der Waals surface area contributed by atoms with Crippen molar-refractivity contribution in [3.8, 4) is 0 Å². The minimum atomic E-state index is -0.345. The Kier molecular flexibility index (Phi) is 5.55. The van der Waals surface area contributed by atoms with Gasteiger partial charge in [-0.2, -0.15) is 0 Å². The molecule has 0 aliphatic heterocycles. The minimum absolute atomic E-state index is 0.00880. The summed E-state index contributed by atoms with van der Waals surface area (Å²) in [6.07, 6.45) is 0.314. The summed E-state index contributed by atoms with van der Waals surface area (Å²) >= 11 is 0. The molecule has 4 heteroatoms. The Balaban J connectivity index is 2.83. The van der Waals surface area contributed by atoms with Gasteiger partial charge in [0.1, 0.15) is 5.82 Å². The molecule has 1 aromatic carbocycles. The van der Waals surface area contributed by atoms with Gasteiger partial charge in [0.25, 0.3) is 0 Å². The lowest BCUT2D eigenvalue weighted by Crippen LogP contribution is -2.41. The van der Waals surface area contributed by atoms with Crippen LogP contribution in [0.2, 0.25) is 0 Å². The van der Waals surface area contributed by atoms with Crippen molar-refractivity contribution in [2.24, 2.45) is 0 Å². The molecule has 0 bridgehead atoms. The molecular weight excluding hydrogens is 221 g/mol. The van der Waals surface area contributed by atoms with E-state index in [1.807, 2.05) is 14.0 Å². The maximum absolute atomic E-state index is 13.2. The summed E-state index contributed by atoms with van der Waals surface area (Å²) in [6, 6.07) is 4.80. The van der Waals surface area contributed by atoms with Crippen molar-refractivity contribution in [3.05, 3.63) is 35.1 Å². The van der Waals surface area contributed by atoms with Crippen molar-refractivity contribution >= 4 is 0 Å². The highest BCUT2D eigenvalue weighted by Gasteiger charge is 2.20. The van der Waals surface area contributed by atoms with E-state index in [2.05, 4.69) is 5.32 Å². The lowest BCUT2D eigenvalue weighted by Gasteiger charge is -2.25. The third-order valence-electron chi connectivity index (χ3n) is 2.91. The summed E-state index contributed by atoms with van der Waals surface area (Å²) in [4.78, 5) is 0. The standard InChI is InChI=1S/C13H20FNO2/c1-9-5-6-11(14)7-10(9)8-12(15-2)13(16-3)17-4/h5-7,12-13,15H,8H2,1-4H3. The van der Waals surface area contributed by atoms with Crippen LogP contribution in [0.1, 0.15) is 11.1 Å². The van der Waals surface area contributed by atoms with Crippen molar-refractivity contribution in [1.82, 2.24) is 5.32 Å². The highest BCUT2D eigenvalue weighted by molar-refractivity contribution is 5.27. The van der Waals surface area contributed by atoms with E-state index in [9.17, 15) is 4.39 Å². The second kappa shape index (κ2) is 6.69. The second-order valence-electron chi connectivity index (χ2n) is 4.01. The van der Waals surface area contributed by atoms with Crippen LogP contribution in [0.5, 0.6) is 0 Å². The monoisotopic (exact) mass is 241 g/mol. The average molecular weight is 241 g/mol. The molecule has 1 aromatic rings. The molecule has 0 saturated carbocycles. The highest BCUT2D eigenvalue weighted by atomic mass is 19.1. The molecule has 0 spiro atoms. The fraction of sp³-hybridized carbons (Fsp3) is 0.538. The van der Waals surface area contributed by atoms with Crippen LogP contribution in [0.4, 0.5) is 4.39 Å². The molecule has 1 atom stereocenters. The van der Waals surface area contributed by atoms with Crippen molar-refractivity contribution in [1.29, 1.82) is 0 Å². The first kappa shape index (κ1) is 14.1. The molecule has 0 aliphatic rings. The topological polar surface area (TPSA) is 30.5 Å². The largest absolute Gasteiger partial charge is 0.354 e. The Labute approximate surface area is 102 Å². The number of methoxy groups -OCH3 is 2. The normalized spacial score (nSPS) is 13.1. The number of ether oxygens (including phenoxy) is 2. The van der Waals surface area contributed by atoms with E-state index in [1.165, 1.54) is 6.07 Å².